The number of carbonyl (C=O) groups is 1. The van der Waals surface area contributed by atoms with Gasteiger partial charge >= 0.3 is 5.97 Å². The van der Waals surface area contributed by atoms with Crippen LogP contribution in [0.2, 0.25) is 0 Å². The molecular formula is C9H19NO4. The molecule has 0 fully saturated rings. The van der Waals surface area contributed by atoms with E-state index >= 15 is 0 Å². The van der Waals surface area contributed by atoms with Crippen LogP contribution < -0.4 is 5.32 Å². The minimum Gasteiger partial charge on any atom is -0.465 e. The second-order valence-electron chi connectivity index (χ2n) is 3.02. The van der Waals surface area contributed by atoms with E-state index in [1.54, 1.807) is 0 Å². The first kappa shape index (κ1) is 13.4. The van der Waals surface area contributed by atoms with Gasteiger partial charge in [-0.1, -0.05) is 13.3 Å². The summed E-state index contributed by atoms with van der Waals surface area (Å²) < 4.78 is 4.86. The van der Waals surface area contributed by atoms with Gasteiger partial charge in [-0.3, -0.25) is 10.1 Å². The number of nitrogens with one attached hydrogen (secondary N) is 1. The van der Waals surface area contributed by atoms with E-state index in [0.29, 0.717) is 6.61 Å². The molecule has 0 saturated heterocycles. The van der Waals surface area contributed by atoms with E-state index in [-0.39, 0.29) is 25.7 Å². The van der Waals surface area contributed by atoms with Gasteiger partial charge in [0.25, 0.3) is 0 Å². The molecule has 0 bridgehead atoms. The number of hydrogen-bond acceptors (Lipinski definition) is 5. The van der Waals surface area contributed by atoms with Gasteiger partial charge in [0.15, 0.2) is 0 Å². The molecule has 0 saturated carbocycles. The van der Waals surface area contributed by atoms with E-state index in [1.165, 1.54) is 0 Å². The molecule has 0 aliphatic carbocycles. The maximum atomic E-state index is 11.0. The Morgan fingerprint density at radius 2 is 2.07 bits per heavy atom. The maximum absolute atomic E-state index is 11.0. The van der Waals surface area contributed by atoms with Crippen molar-refractivity contribution in [1.82, 2.24) is 5.32 Å². The van der Waals surface area contributed by atoms with Crippen LogP contribution in [0.4, 0.5) is 0 Å². The Hall–Kier alpha value is -0.650. The summed E-state index contributed by atoms with van der Waals surface area (Å²) in [6.07, 6.45) is 1.84. The quantitative estimate of drug-likeness (QED) is 0.360. The second-order valence-corrected chi connectivity index (χ2v) is 3.02. The van der Waals surface area contributed by atoms with Crippen molar-refractivity contribution in [1.29, 1.82) is 0 Å². The van der Waals surface area contributed by atoms with E-state index in [1.807, 2.05) is 6.92 Å². The highest BCUT2D eigenvalue weighted by molar-refractivity contribution is 5.71. The molecule has 0 aliphatic rings. The molecule has 0 atom stereocenters. The van der Waals surface area contributed by atoms with Crippen molar-refractivity contribution in [2.24, 2.45) is 0 Å². The number of ether oxygens (including phenoxy) is 1. The third kappa shape index (κ3) is 6.82. The Balaban J connectivity index is 3.42. The number of aliphatic hydroxyl groups is 2. The summed E-state index contributed by atoms with van der Waals surface area (Å²) in [5, 5.41) is 20.0. The van der Waals surface area contributed by atoms with Crippen molar-refractivity contribution < 1.29 is 19.7 Å². The van der Waals surface area contributed by atoms with Crippen LogP contribution in [0, 0.1) is 0 Å². The Labute approximate surface area is 84.1 Å². The normalized spacial score (nSPS) is 10.6. The van der Waals surface area contributed by atoms with Gasteiger partial charge in [-0.2, -0.15) is 0 Å². The Kier molecular flexibility index (Phi) is 8.51. The summed E-state index contributed by atoms with van der Waals surface area (Å²) in [6, 6.07) is -0.450. The molecule has 3 N–H and O–H groups in total. The van der Waals surface area contributed by atoms with Crippen LogP contribution in [0.3, 0.4) is 0 Å². The minimum atomic E-state index is -0.450. The van der Waals surface area contributed by atoms with Crippen LogP contribution in [-0.2, 0) is 9.53 Å². The third-order valence-corrected chi connectivity index (χ3v) is 1.74. The van der Waals surface area contributed by atoms with Gasteiger partial charge in [0.1, 0.15) is 0 Å². The molecule has 0 radical (unpaired) electrons. The van der Waals surface area contributed by atoms with E-state index in [2.05, 4.69) is 5.32 Å². The lowest BCUT2D eigenvalue weighted by molar-refractivity contribution is -0.142. The summed E-state index contributed by atoms with van der Waals surface area (Å²) in [6.45, 7) is 2.08. The third-order valence-electron chi connectivity index (χ3n) is 1.74. The van der Waals surface area contributed by atoms with Gasteiger partial charge in [0.2, 0.25) is 0 Å². The number of esters is 1. The lowest BCUT2D eigenvalue weighted by Gasteiger charge is -2.12. The van der Waals surface area contributed by atoms with Crippen molar-refractivity contribution in [3.8, 4) is 0 Å². The fourth-order valence-electron chi connectivity index (χ4n) is 0.796. The summed E-state index contributed by atoms with van der Waals surface area (Å²) in [7, 11) is 0. The SMILES string of the molecule is CCCCOC(=O)CNC(CO)CO. The van der Waals surface area contributed by atoms with Crippen LogP contribution in [0.1, 0.15) is 19.8 Å². The van der Waals surface area contributed by atoms with Crippen molar-refractivity contribution in [2.75, 3.05) is 26.4 Å². The molecular weight excluding hydrogens is 186 g/mol. The zero-order chi connectivity index (χ0) is 10.8. The fraction of sp³-hybridized carbons (Fsp3) is 0.889. The van der Waals surface area contributed by atoms with E-state index in [0.717, 1.165) is 12.8 Å². The van der Waals surface area contributed by atoms with E-state index in [4.69, 9.17) is 14.9 Å². The number of aliphatic hydroxyl groups excluding tert-OH is 2. The molecule has 0 aliphatic heterocycles. The first-order valence-corrected chi connectivity index (χ1v) is 4.85. The van der Waals surface area contributed by atoms with Crippen LogP contribution in [0.25, 0.3) is 0 Å². The average Bonchev–Trinajstić information content (AvgIpc) is 2.20. The Bertz CT molecular complexity index is 148. The second kappa shape index (κ2) is 8.93. The maximum Gasteiger partial charge on any atom is 0.319 e. The summed E-state index contributed by atoms with van der Waals surface area (Å²) in [4.78, 5) is 11.0. The highest BCUT2D eigenvalue weighted by Crippen LogP contribution is 1.88. The molecule has 84 valence electrons. The van der Waals surface area contributed by atoms with Gasteiger partial charge in [-0.15, -0.1) is 0 Å². The van der Waals surface area contributed by atoms with Gasteiger partial charge < -0.3 is 14.9 Å². The molecule has 0 rings (SSSR count). The molecule has 0 heterocycles. The standard InChI is InChI=1S/C9H19NO4/c1-2-3-4-14-9(13)5-10-8(6-11)7-12/h8,10-12H,2-7H2,1H3. The monoisotopic (exact) mass is 205 g/mol. The molecule has 14 heavy (non-hydrogen) atoms. The number of hydrogen-bond donors (Lipinski definition) is 3. The first-order chi connectivity index (χ1) is 6.74. The van der Waals surface area contributed by atoms with Gasteiger partial charge in [-0.25, -0.2) is 0 Å². The smallest absolute Gasteiger partial charge is 0.319 e. The van der Waals surface area contributed by atoms with Crippen LogP contribution in [-0.4, -0.2) is 48.6 Å². The fourth-order valence-corrected chi connectivity index (χ4v) is 0.796. The number of unbranched alkanes of at least 4 members (excludes halogenated alkanes) is 1. The first-order valence-electron chi connectivity index (χ1n) is 4.85. The minimum absolute atomic E-state index is 0.0233. The summed E-state index contributed by atoms with van der Waals surface area (Å²) >= 11 is 0. The van der Waals surface area contributed by atoms with Crippen LogP contribution in [0.5, 0.6) is 0 Å². The number of rotatable bonds is 8. The highest BCUT2D eigenvalue weighted by Gasteiger charge is 2.08. The molecule has 0 aromatic rings. The zero-order valence-electron chi connectivity index (χ0n) is 8.53. The van der Waals surface area contributed by atoms with Crippen molar-refractivity contribution in [2.45, 2.75) is 25.8 Å². The lowest BCUT2D eigenvalue weighted by Crippen LogP contribution is -2.39. The molecule has 0 amide bonds. The predicted molar refractivity (Wildman–Crippen MR) is 51.8 cm³/mol. The largest absolute Gasteiger partial charge is 0.465 e. The van der Waals surface area contributed by atoms with Crippen molar-refractivity contribution in [3.63, 3.8) is 0 Å². The highest BCUT2D eigenvalue weighted by atomic mass is 16.5. The molecule has 0 unspecified atom stereocenters. The van der Waals surface area contributed by atoms with Crippen molar-refractivity contribution >= 4 is 5.97 Å². The molecule has 5 nitrogen and oxygen atoms in total. The molecule has 0 spiro atoms. The zero-order valence-corrected chi connectivity index (χ0v) is 8.53. The number of carbonyl (C=O) groups excluding carboxylic acids is 1. The average molecular weight is 205 g/mol. The van der Waals surface area contributed by atoms with E-state index < -0.39 is 6.04 Å². The summed E-state index contributed by atoms with van der Waals surface area (Å²) in [5.41, 5.74) is 0. The molecule has 0 aromatic heterocycles. The van der Waals surface area contributed by atoms with E-state index in [9.17, 15) is 4.79 Å². The molecule has 0 aromatic carbocycles. The summed E-state index contributed by atoms with van der Waals surface area (Å²) in [5.74, 6) is -0.356. The van der Waals surface area contributed by atoms with Gasteiger partial charge in [-0.05, 0) is 6.42 Å². The lowest BCUT2D eigenvalue weighted by atomic mass is 10.3. The molecule has 5 heteroatoms. The van der Waals surface area contributed by atoms with Gasteiger partial charge in [0.05, 0.1) is 32.4 Å². The van der Waals surface area contributed by atoms with Crippen molar-refractivity contribution in [3.05, 3.63) is 0 Å². The Morgan fingerprint density at radius 1 is 1.43 bits per heavy atom. The van der Waals surface area contributed by atoms with Crippen LogP contribution >= 0.6 is 0 Å². The topological polar surface area (TPSA) is 78.8 Å². The predicted octanol–water partition coefficient (Wildman–Crippen LogP) is -0.727. The van der Waals surface area contributed by atoms with Crippen LogP contribution in [0.15, 0.2) is 0 Å². The van der Waals surface area contributed by atoms with Gasteiger partial charge in [0, 0.05) is 0 Å². The Morgan fingerprint density at radius 3 is 2.57 bits per heavy atom.